The van der Waals surface area contributed by atoms with Gasteiger partial charge in [0.05, 0.1) is 29.2 Å². The van der Waals surface area contributed by atoms with Gasteiger partial charge in [0, 0.05) is 30.5 Å². The number of aryl methyl sites for hydroxylation is 1. The molecule has 0 aliphatic carbocycles. The molecule has 0 aliphatic rings. The predicted molar refractivity (Wildman–Crippen MR) is 138 cm³/mol. The van der Waals surface area contributed by atoms with Crippen molar-refractivity contribution >= 4 is 16.9 Å². The summed E-state index contributed by atoms with van der Waals surface area (Å²) in [7, 11) is -1.30. The van der Waals surface area contributed by atoms with Crippen LogP contribution in [0, 0.1) is 12.7 Å². The molecule has 1 heterocycles. The lowest BCUT2D eigenvalue weighted by molar-refractivity contribution is -0.141. The first-order chi connectivity index (χ1) is 17.9. The average Bonchev–Trinajstić information content (AvgIpc) is 2.85. The van der Waals surface area contributed by atoms with Crippen LogP contribution in [0.5, 0.6) is 5.75 Å². The van der Waals surface area contributed by atoms with Crippen LogP contribution in [-0.4, -0.2) is 28.0 Å². The number of nitrogens with zero attached hydrogens (tertiary/aromatic N) is 1. The first-order valence-electron chi connectivity index (χ1n) is 11.8. The van der Waals surface area contributed by atoms with Gasteiger partial charge >= 0.3 is 6.18 Å². The Morgan fingerprint density at radius 2 is 1.79 bits per heavy atom. The normalized spacial score (nSPS) is 13.2. The van der Waals surface area contributed by atoms with E-state index in [0.29, 0.717) is 34.6 Å². The van der Waals surface area contributed by atoms with Crippen LogP contribution in [0.4, 0.5) is 17.6 Å². The molecule has 0 bridgehead atoms. The summed E-state index contributed by atoms with van der Waals surface area (Å²) in [5.74, 6) is -1.22. The van der Waals surface area contributed by atoms with E-state index in [-0.39, 0.29) is 18.8 Å². The number of benzene rings is 2. The smallest absolute Gasteiger partial charge is 0.433 e. The maximum atomic E-state index is 14.5. The van der Waals surface area contributed by atoms with Gasteiger partial charge in [0.2, 0.25) is 5.91 Å². The second kappa shape index (κ2) is 12.5. The van der Waals surface area contributed by atoms with E-state index < -0.39 is 40.5 Å². The molecule has 3 aromatic rings. The monoisotopic (exact) mass is 551 g/mol. The summed E-state index contributed by atoms with van der Waals surface area (Å²) < 4.78 is 74.2. The zero-order valence-electron chi connectivity index (χ0n) is 21.4. The molecule has 0 saturated carbocycles. The van der Waals surface area contributed by atoms with Crippen LogP contribution in [0.15, 0.2) is 48.5 Å². The SMILES string of the molecule is CCOc1cc(C)cc(-c2nc(C(F)(F)F)ccc2CNC(=O)C(C)c2ccc(CNS(C)=O)c(F)c2)c1. The molecule has 2 unspecified atom stereocenters. The lowest BCUT2D eigenvalue weighted by Gasteiger charge is -2.17. The van der Waals surface area contributed by atoms with Gasteiger partial charge in [-0.05, 0) is 67.8 Å². The fourth-order valence-corrected chi connectivity index (χ4v) is 4.17. The zero-order chi connectivity index (χ0) is 28.0. The minimum absolute atomic E-state index is 0.0729. The van der Waals surface area contributed by atoms with Crippen LogP contribution in [0.3, 0.4) is 0 Å². The van der Waals surface area contributed by atoms with E-state index in [9.17, 15) is 26.6 Å². The van der Waals surface area contributed by atoms with Gasteiger partial charge in [-0.2, -0.15) is 13.2 Å². The van der Waals surface area contributed by atoms with Gasteiger partial charge in [0.1, 0.15) is 17.3 Å². The quantitative estimate of drug-likeness (QED) is 0.330. The Morgan fingerprint density at radius 3 is 2.42 bits per heavy atom. The molecule has 1 aromatic heterocycles. The molecule has 6 nitrogen and oxygen atoms in total. The number of aromatic nitrogens is 1. The number of hydrogen-bond acceptors (Lipinski definition) is 4. The summed E-state index contributed by atoms with van der Waals surface area (Å²) in [6.45, 7) is 5.57. The Balaban J connectivity index is 1.84. The van der Waals surface area contributed by atoms with Gasteiger partial charge in [-0.3, -0.25) is 4.79 Å². The number of hydrogen-bond donors (Lipinski definition) is 2. The maximum Gasteiger partial charge on any atom is 0.433 e. The minimum Gasteiger partial charge on any atom is -0.494 e. The zero-order valence-corrected chi connectivity index (χ0v) is 22.2. The Kier molecular flexibility index (Phi) is 9.61. The molecule has 2 N–H and O–H groups in total. The minimum atomic E-state index is -4.64. The average molecular weight is 552 g/mol. The number of carbonyl (C=O) groups excluding carboxylic acids is 1. The molecule has 3 rings (SSSR count). The van der Waals surface area contributed by atoms with E-state index in [1.165, 1.54) is 24.5 Å². The van der Waals surface area contributed by atoms with E-state index in [1.807, 2.05) is 0 Å². The molecule has 11 heteroatoms. The number of nitrogens with one attached hydrogen (secondary N) is 2. The van der Waals surface area contributed by atoms with Crippen molar-refractivity contribution in [3.8, 4) is 17.0 Å². The third-order valence-corrected chi connectivity index (χ3v) is 6.34. The number of carbonyl (C=O) groups is 1. The molecule has 204 valence electrons. The number of halogens is 4. The number of amides is 1. The Hall–Kier alpha value is -3.31. The topological polar surface area (TPSA) is 80.3 Å². The van der Waals surface area contributed by atoms with Crippen molar-refractivity contribution in [3.63, 3.8) is 0 Å². The standard InChI is InChI=1S/C27H29F4N3O3S/c1-5-37-22-11-16(2)10-21(12-22)25-20(8-9-24(34-25)27(29,30)31)14-32-26(35)17(3)18-6-7-19(23(28)13-18)15-33-38(4)36/h6-13,17,33H,5,14-15H2,1-4H3,(H,32,35). The molecule has 2 aromatic carbocycles. The molecule has 0 spiro atoms. The molecular weight excluding hydrogens is 522 g/mol. The van der Waals surface area contributed by atoms with E-state index in [4.69, 9.17) is 4.74 Å². The largest absolute Gasteiger partial charge is 0.494 e. The molecular formula is C27H29F4N3O3S. The Labute approximate surface area is 221 Å². The van der Waals surface area contributed by atoms with Crippen molar-refractivity contribution in [2.24, 2.45) is 0 Å². The van der Waals surface area contributed by atoms with Crippen molar-refractivity contribution in [3.05, 3.63) is 82.3 Å². The second-order valence-corrected chi connectivity index (χ2v) is 9.93. The molecule has 1 amide bonds. The molecule has 38 heavy (non-hydrogen) atoms. The summed E-state index contributed by atoms with van der Waals surface area (Å²) in [5, 5.41) is 2.73. The van der Waals surface area contributed by atoms with Crippen LogP contribution in [0.25, 0.3) is 11.3 Å². The second-order valence-electron chi connectivity index (χ2n) is 8.74. The van der Waals surface area contributed by atoms with Gasteiger partial charge in [-0.15, -0.1) is 0 Å². The Bertz CT molecular complexity index is 1330. The summed E-state index contributed by atoms with van der Waals surface area (Å²) in [6, 6.07) is 11.6. The predicted octanol–water partition coefficient (Wildman–Crippen LogP) is 5.42. The summed E-state index contributed by atoms with van der Waals surface area (Å²) in [5.41, 5.74) is 1.34. The third kappa shape index (κ3) is 7.61. The highest BCUT2D eigenvalue weighted by molar-refractivity contribution is 7.82. The first kappa shape index (κ1) is 29.2. The molecule has 0 saturated heterocycles. The van der Waals surface area contributed by atoms with Crippen LogP contribution in [0.1, 0.15) is 47.7 Å². The van der Waals surface area contributed by atoms with E-state index >= 15 is 0 Å². The van der Waals surface area contributed by atoms with Gasteiger partial charge in [0.25, 0.3) is 0 Å². The van der Waals surface area contributed by atoms with Gasteiger partial charge in [0.15, 0.2) is 0 Å². The summed E-state index contributed by atoms with van der Waals surface area (Å²) >= 11 is 0. The number of pyridine rings is 1. The fraction of sp³-hybridized carbons (Fsp3) is 0.333. The lowest BCUT2D eigenvalue weighted by Crippen LogP contribution is -2.28. The number of rotatable bonds is 10. The van der Waals surface area contributed by atoms with Gasteiger partial charge in [-0.1, -0.05) is 18.2 Å². The maximum absolute atomic E-state index is 14.5. The van der Waals surface area contributed by atoms with Crippen molar-refractivity contribution in [2.75, 3.05) is 12.9 Å². The third-order valence-electron chi connectivity index (χ3n) is 5.79. The van der Waals surface area contributed by atoms with Crippen molar-refractivity contribution in [1.82, 2.24) is 15.0 Å². The van der Waals surface area contributed by atoms with Crippen LogP contribution in [-0.2, 0) is 35.0 Å². The highest BCUT2D eigenvalue weighted by Crippen LogP contribution is 2.33. The highest BCUT2D eigenvalue weighted by Gasteiger charge is 2.33. The van der Waals surface area contributed by atoms with E-state index in [0.717, 1.165) is 11.6 Å². The Morgan fingerprint density at radius 1 is 1.08 bits per heavy atom. The van der Waals surface area contributed by atoms with Crippen LogP contribution >= 0.6 is 0 Å². The van der Waals surface area contributed by atoms with Crippen LogP contribution in [0.2, 0.25) is 0 Å². The summed E-state index contributed by atoms with van der Waals surface area (Å²) in [6.07, 6.45) is -3.21. The van der Waals surface area contributed by atoms with Gasteiger partial charge in [-0.25, -0.2) is 18.3 Å². The molecule has 0 aliphatic heterocycles. The molecule has 0 fully saturated rings. The number of ether oxygens (including phenoxy) is 1. The molecule has 2 atom stereocenters. The summed E-state index contributed by atoms with van der Waals surface area (Å²) in [4.78, 5) is 16.8. The van der Waals surface area contributed by atoms with Gasteiger partial charge < -0.3 is 10.1 Å². The van der Waals surface area contributed by atoms with Crippen LogP contribution < -0.4 is 14.8 Å². The van der Waals surface area contributed by atoms with Crippen molar-refractivity contribution in [2.45, 2.75) is 46.0 Å². The highest BCUT2D eigenvalue weighted by atomic mass is 32.2. The molecule has 0 radical (unpaired) electrons. The first-order valence-corrected chi connectivity index (χ1v) is 13.4. The lowest BCUT2D eigenvalue weighted by atomic mass is 9.98. The number of alkyl halides is 3. The van der Waals surface area contributed by atoms with Crippen molar-refractivity contribution in [1.29, 1.82) is 0 Å². The van der Waals surface area contributed by atoms with E-state index in [1.54, 1.807) is 45.0 Å². The van der Waals surface area contributed by atoms with E-state index in [2.05, 4.69) is 15.0 Å². The fourth-order valence-electron chi connectivity index (χ4n) is 3.82. The van der Waals surface area contributed by atoms with Crippen molar-refractivity contribution < 1.29 is 31.3 Å².